The Labute approximate surface area is 73.8 Å². The fourth-order valence-electron chi connectivity index (χ4n) is 1.11. The van der Waals surface area contributed by atoms with Crippen molar-refractivity contribution in [3.8, 4) is 0 Å². The standard InChI is InChI=1S/C10H16N2/c1-8-5-6-12-10(7-8)4-3-9(2)11/h5-7,9H,3-4,11H2,1-2H3/t9-/m1/s1. The summed E-state index contributed by atoms with van der Waals surface area (Å²) in [5.41, 5.74) is 8.06. The number of nitrogens with zero attached hydrogens (tertiary/aromatic N) is 1. The normalized spacial score (nSPS) is 12.9. The van der Waals surface area contributed by atoms with E-state index in [9.17, 15) is 0 Å². The molecule has 0 amide bonds. The molecule has 0 aliphatic rings. The minimum Gasteiger partial charge on any atom is -0.328 e. The van der Waals surface area contributed by atoms with E-state index in [2.05, 4.69) is 18.0 Å². The van der Waals surface area contributed by atoms with Gasteiger partial charge in [0, 0.05) is 17.9 Å². The highest BCUT2D eigenvalue weighted by atomic mass is 14.7. The molecule has 2 N–H and O–H groups in total. The number of hydrogen-bond acceptors (Lipinski definition) is 2. The van der Waals surface area contributed by atoms with Crippen LogP contribution in [0.3, 0.4) is 0 Å². The molecule has 0 saturated carbocycles. The number of nitrogens with two attached hydrogens (primary N) is 1. The summed E-state index contributed by atoms with van der Waals surface area (Å²) in [5, 5.41) is 0. The first kappa shape index (κ1) is 9.20. The van der Waals surface area contributed by atoms with Gasteiger partial charge in [-0.15, -0.1) is 0 Å². The van der Waals surface area contributed by atoms with E-state index in [0.717, 1.165) is 18.5 Å². The lowest BCUT2D eigenvalue weighted by Crippen LogP contribution is -2.15. The smallest absolute Gasteiger partial charge is 0.0406 e. The Bertz CT molecular complexity index is 243. The zero-order chi connectivity index (χ0) is 8.97. The first-order valence-corrected chi connectivity index (χ1v) is 4.35. The topological polar surface area (TPSA) is 38.9 Å². The van der Waals surface area contributed by atoms with Gasteiger partial charge in [-0.1, -0.05) is 0 Å². The maximum absolute atomic E-state index is 5.65. The van der Waals surface area contributed by atoms with Crippen LogP contribution in [-0.4, -0.2) is 11.0 Å². The molecule has 0 aromatic carbocycles. The highest BCUT2D eigenvalue weighted by Crippen LogP contribution is 2.03. The van der Waals surface area contributed by atoms with Gasteiger partial charge < -0.3 is 5.73 Å². The second-order valence-corrected chi connectivity index (χ2v) is 3.34. The molecular weight excluding hydrogens is 148 g/mol. The predicted octanol–water partition coefficient (Wildman–Crippen LogP) is 1.67. The Morgan fingerprint density at radius 3 is 2.92 bits per heavy atom. The molecule has 0 fully saturated rings. The summed E-state index contributed by atoms with van der Waals surface area (Å²) >= 11 is 0. The number of hydrogen-bond donors (Lipinski definition) is 1. The summed E-state index contributed by atoms with van der Waals surface area (Å²) < 4.78 is 0. The van der Waals surface area contributed by atoms with E-state index in [1.807, 2.05) is 19.2 Å². The lowest BCUT2D eigenvalue weighted by atomic mass is 10.1. The molecule has 12 heavy (non-hydrogen) atoms. The SMILES string of the molecule is Cc1ccnc(CC[C@@H](C)N)c1. The summed E-state index contributed by atoms with van der Waals surface area (Å²) in [5.74, 6) is 0. The van der Waals surface area contributed by atoms with E-state index in [1.165, 1.54) is 5.56 Å². The van der Waals surface area contributed by atoms with Crippen molar-refractivity contribution in [1.82, 2.24) is 4.98 Å². The van der Waals surface area contributed by atoms with Gasteiger partial charge in [0.2, 0.25) is 0 Å². The fourth-order valence-corrected chi connectivity index (χ4v) is 1.11. The third-order valence-electron chi connectivity index (χ3n) is 1.83. The monoisotopic (exact) mass is 164 g/mol. The fraction of sp³-hybridized carbons (Fsp3) is 0.500. The summed E-state index contributed by atoms with van der Waals surface area (Å²) in [6, 6.07) is 4.39. The van der Waals surface area contributed by atoms with E-state index < -0.39 is 0 Å². The van der Waals surface area contributed by atoms with Crippen LogP contribution in [0.5, 0.6) is 0 Å². The van der Waals surface area contributed by atoms with Crippen molar-refractivity contribution in [1.29, 1.82) is 0 Å². The maximum atomic E-state index is 5.65. The van der Waals surface area contributed by atoms with E-state index in [1.54, 1.807) is 0 Å². The lowest BCUT2D eigenvalue weighted by Gasteiger charge is -2.04. The van der Waals surface area contributed by atoms with Crippen LogP contribution in [0, 0.1) is 6.92 Å². The van der Waals surface area contributed by atoms with Crippen LogP contribution in [0.15, 0.2) is 18.3 Å². The van der Waals surface area contributed by atoms with Crippen LogP contribution in [0.1, 0.15) is 24.6 Å². The van der Waals surface area contributed by atoms with Crippen molar-refractivity contribution < 1.29 is 0 Å². The van der Waals surface area contributed by atoms with Crippen LogP contribution in [0.2, 0.25) is 0 Å². The van der Waals surface area contributed by atoms with Gasteiger partial charge in [-0.05, 0) is 44.4 Å². The van der Waals surface area contributed by atoms with Crippen molar-refractivity contribution in [3.63, 3.8) is 0 Å². The van der Waals surface area contributed by atoms with Gasteiger partial charge in [0.25, 0.3) is 0 Å². The van der Waals surface area contributed by atoms with Gasteiger partial charge in [0.1, 0.15) is 0 Å². The second-order valence-electron chi connectivity index (χ2n) is 3.34. The van der Waals surface area contributed by atoms with Gasteiger partial charge in [0.05, 0.1) is 0 Å². The van der Waals surface area contributed by atoms with Gasteiger partial charge in [-0.3, -0.25) is 4.98 Å². The number of aromatic nitrogens is 1. The molecule has 1 heterocycles. The molecule has 66 valence electrons. The molecule has 2 heteroatoms. The van der Waals surface area contributed by atoms with Crippen LogP contribution < -0.4 is 5.73 Å². The zero-order valence-corrected chi connectivity index (χ0v) is 7.75. The Kier molecular flexibility index (Phi) is 3.23. The van der Waals surface area contributed by atoms with E-state index in [4.69, 9.17) is 5.73 Å². The van der Waals surface area contributed by atoms with Crippen LogP contribution in [0.25, 0.3) is 0 Å². The van der Waals surface area contributed by atoms with Crippen LogP contribution in [0.4, 0.5) is 0 Å². The minimum atomic E-state index is 0.271. The van der Waals surface area contributed by atoms with Crippen molar-refractivity contribution in [3.05, 3.63) is 29.6 Å². The largest absolute Gasteiger partial charge is 0.328 e. The van der Waals surface area contributed by atoms with Gasteiger partial charge in [0.15, 0.2) is 0 Å². The van der Waals surface area contributed by atoms with Crippen molar-refractivity contribution >= 4 is 0 Å². The van der Waals surface area contributed by atoms with E-state index in [0.29, 0.717) is 0 Å². The molecule has 0 saturated heterocycles. The van der Waals surface area contributed by atoms with Crippen molar-refractivity contribution in [2.75, 3.05) is 0 Å². The summed E-state index contributed by atoms with van der Waals surface area (Å²) in [4.78, 5) is 4.26. The summed E-state index contributed by atoms with van der Waals surface area (Å²) in [7, 11) is 0. The average Bonchev–Trinajstić information content (AvgIpc) is 2.01. The molecule has 1 aromatic heterocycles. The van der Waals surface area contributed by atoms with E-state index in [-0.39, 0.29) is 6.04 Å². The molecule has 0 unspecified atom stereocenters. The van der Waals surface area contributed by atoms with Crippen molar-refractivity contribution in [2.45, 2.75) is 32.7 Å². The van der Waals surface area contributed by atoms with Crippen LogP contribution >= 0.6 is 0 Å². The molecular formula is C10H16N2. The maximum Gasteiger partial charge on any atom is 0.0406 e. The highest BCUT2D eigenvalue weighted by molar-refractivity contribution is 5.14. The zero-order valence-electron chi connectivity index (χ0n) is 7.75. The van der Waals surface area contributed by atoms with Gasteiger partial charge >= 0.3 is 0 Å². The molecule has 1 rings (SSSR count). The summed E-state index contributed by atoms with van der Waals surface area (Å²) in [6.07, 6.45) is 3.85. The molecule has 0 radical (unpaired) electrons. The number of rotatable bonds is 3. The molecule has 0 aliphatic heterocycles. The Morgan fingerprint density at radius 2 is 2.33 bits per heavy atom. The first-order valence-electron chi connectivity index (χ1n) is 4.35. The molecule has 1 atom stereocenters. The van der Waals surface area contributed by atoms with E-state index >= 15 is 0 Å². The minimum absolute atomic E-state index is 0.271. The Morgan fingerprint density at radius 1 is 1.58 bits per heavy atom. The Hall–Kier alpha value is -0.890. The molecule has 1 aromatic rings. The number of aryl methyl sites for hydroxylation is 2. The lowest BCUT2D eigenvalue weighted by molar-refractivity contribution is 0.658. The number of pyridine rings is 1. The molecule has 0 bridgehead atoms. The third-order valence-corrected chi connectivity index (χ3v) is 1.83. The highest BCUT2D eigenvalue weighted by Gasteiger charge is 1.97. The molecule has 0 spiro atoms. The summed E-state index contributed by atoms with van der Waals surface area (Å²) in [6.45, 7) is 4.10. The molecule has 2 nitrogen and oxygen atoms in total. The second kappa shape index (κ2) is 4.21. The predicted molar refractivity (Wildman–Crippen MR) is 50.9 cm³/mol. The van der Waals surface area contributed by atoms with Crippen LogP contribution in [-0.2, 0) is 6.42 Å². The molecule has 0 aliphatic carbocycles. The third kappa shape index (κ3) is 3.01. The Balaban J connectivity index is 2.52. The average molecular weight is 164 g/mol. The first-order chi connectivity index (χ1) is 5.68. The van der Waals surface area contributed by atoms with Gasteiger partial charge in [-0.2, -0.15) is 0 Å². The quantitative estimate of drug-likeness (QED) is 0.738. The van der Waals surface area contributed by atoms with Gasteiger partial charge in [-0.25, -0.2) is 0 Å². The van der Waals surface area contributed by atoms with Crippen molar-refractivity contribution in [2.24, 2.45) is 5.73 Å².